The highest BCUT2D eigenvalue weighted by Gasteiger charge is 2.35. The number of hydrogen-bond donors (Lipinski definition) is 0. The number of nitrogens with zero attached hydrogens (tertiary/aromatic N) is 3. The van der Waals surface area contributed by atoms with Crippen molar-refractivity contribution < 1.29 is 0 Å². The summed E-state index contributed by atoms with van der Waals surface area (Å²) in [5.74, 6) is 4.36. The first-order valence-corrected chi connectivity index (χ1v) is 17.6. The van der Waals surface area contributed by atoms with Crippen molar-refractivity contribution in [3.05, 3.63) is 181 Å². The van der Waals surface area contributed by atoms with E-state index in [1.807, 2.05) is 55.5 Å². The molecule has 0 aliphatic heterocycles. The Morgan fingerprint density at radius 2 is 1.04 bits per heavy atom. The molecule has 1 heterocycles. The molecule has 0 atom stereocenters. The maximum Gasteiger partial charge on any atom is 0.164 e. The third kappa shape index (κ3) is 6.06. The fraction of sp³-hybridized carbons (Fsp3) is 0.0816. The summed E-state index contributed by atoms with van der Waals surface area (Å²) in [5.41, 5.74) is 14.6. The summed E-state index contributed by atoms with van der Waals surface area (Å²) < 4.78 is 0. The van der Waals surface area contributed by atoms with Crippen molar-refractivity contribution in [2.24, 2.45) is 0 Å². The Labute approximate surface area is 306 Å². The summed E-state index contributed by atoms with van der Waals surface area (Å²) in [6.45, 7) is 6.61. The Balaban J connectivity index is 1.32. The Morgan fingerprint density at radius 1 is 0.519 bits per heavy atom. The minimum absolute atomic E-state index is 0.113. The van der Waals surface area contributed by atoms with Gasteiger partial charge in [0.15, 0.2) is 17.5 Å². The number of fused-ring (bicyclic) bond motifs is 3. The molecule has 3 nitrogen and oxygen atoms in total. The number of rotatable bonds is 7. The van der Waals surface area contributed by atoms with Gasteiger partial charge in [-0.15, -0.1) is 6.42 Å². The van der Waals surface area contributed by atoms with E-state index >= 15 is 0 Å². The van der Waals surface area contributed by atoms with Crippen LogP contribution >= 0.6 is 0 Å². The first-order valence-electron chi connectivity index (χ1n) is 17.6. The molecule has 1 aliphatic carbocycles. The van der Waals surface area contributed by atoms with E-state index in [1.54, 1.807) is 6.08 Å². The van der Waals surface area contributed by atoms with Gasteiger partial charge in [0.1, 0.15) is 0 Å². The van der Waals surface area contributed by atoms with Crippen molar-refractivity contribution in [1.29, 1.82) is 0 Å². The van der Waals surface area contributed by atoms with Crippen molar-refractivity contribution in [2.45, 2.75) is 26.2 Å². The van der Waals surface area contributed by atoms with Gasteiger partial charge in [-0.2, -0.15) is 0 Å². The molecule has 6 aromatic carbocycles. The summed E-state index contributed by atoms with van der Waals surface area (Å²) in [6.07, 6.45) is 11.1. The van der Waals surface area contributed by atoms with Crippen LogP contribution in [0.3, 0.4) is 0 Å². The number of benzene rings is 6. The lowest BCUT2D eigenvalue weighted by Crippen LogP contribution is -2.14. The van der Waals surface area contributed by atoms with Gasteiger partial charge in [-0.3, -0.25) is 0 Å². The second-order valence-corrected chi connectivity index (χ2v) is 13.6. The van der Waals surface area contributed by atoms with E-state index in [4.69, 9.17) is 21.4 Å². The molecule has 1 aliphatic rings. The molecule has 0 fully saturated rings. The van der Waals surface area contributed by atoms with E-state index in [2.05, 4.69) is 129 Å². The minimum Gasteiger partial charge on any atom is -0.208 e. The van der Waals surface area contributed by atoms with E-state index in [1.165, 1.54) is 33.4 Å². The van der Waals surface area contributed by atoms with Gasteiger partial charge in [0.25, 0.3) is 0 Å². The monoisotopic (exact) mass is 667 g/mol. The van der Waals surface area contributed by atoms with E-state index in [9.17, 15) is 0 Å². The molecular formula is C49H37N3. The summed E-state index contributed by atoms with van der Waals surface area (Å²) in [7, 11) is 0. The Morgan fingerprint density at radius 3 is 1.71 bits per heavy atom. The third-order valence-electron chi connectivity index (χ3n) is 10.0. The lowest BCUT2D eigenvalue weighted by atomic mass is 9.81. The number of hydrogen-bond acceptors (Lipinski definition) is 3. The second-order valence-electron chi connectivity index (χ2n) is 13.6. The van der Waals surface area contributed by atoms with Crippen LogP contribution in [0.1, 0.15) is 37.7 Å². The molecule has 7 aromatic rings. The van der Waals surface area contributed by atoms with Crippen LogP contribution in [0.5, 0.6) is 0 Å². The van der Waals surface area contributed by atoms with Crippen molar-refractivity contribution in [3.8, 4) is 79.6 Å². The maximum absolute atomic E-state index is 5.60. The van der Waals surface area contributed by atoms with Gasteiger partial charge in [0, 0.05) is 22.1 Å². The molecule has 8 rings (SSSR count). The summed E-state index contributed by atoms with van der Waals surface area (Å²) in [5, 5.41) is 0. The van der Waals surface area contributed by atoms with Crippen molar-refractivity contribution in [2.75, 3.05) is 0 Å². The average Bonchev–Trinajstić information content (AvgIpc) is 3.44. The van der Waals surface area contributed by atoms with Crippen LogP contribution in [0, 0.1) is 12.3 Å². The molecule has 0 radical (unpaired) electrons. The molecule has 0 saturated carbocycles. The summed E-state index contributed by atoms with van der Waals surface area (Å²) >= 11 is 0. The van der Waals surface area contributed by atoms with Gasteiger partial charge in [-0.1, -0.05) is 147 Å². The normalized spacial score (nSPS) is 13.1. The van der Waals surface area contributed by atoms with Crippen LogP contribution in [0.25, 0.3) is 72.9 Å². The molecule has 0 amide bonds. The largest absolute Gasteiger partial charge is 0.208 e. The molecule has 3 heteroatoms. The van der Waals surface area contributed by atoms with Crippen LogP contribution in [0.15, 0.2) is 164 Å². The SMILES string of the molecule is C#C/C=C\C(=C/C)c1nc(-c2ccccc2)nc(-c2cc(-c3ccc(-c4ccccc4)cc3)cc(-c3ccc4c(c3)C(C)(C)c3ccccc3-4)c2)n1. The standard InChI is InChI=1S/C49H37N3/c1-5-7-16-33(6-2)46-50-47(37-19-12-9-13-20-37)52-48(51-46)41-30-39(36-25-23-35(24-26-36)34-17-10-8-11-18-34)29-40(31-41)38-27-28-43-42-21-14-15-22-44(42)49(3,4)45(43)32-38/h1,6-32H,2-4H3/b16-7-,33-6+. The van der Waals surface area contributed by atoms with Gasteiger partial charge in [0.05, 0.1) is 0 Å². The van der Waals surface area contributed by atoms with E-state index < -0.39 is 0 Å². The van der Waals surface area contributed by atoms with Crippen molar-refractivity contribution in [3.63, 3.8) is 0 Å². The first-order chi connectivity index (χ1) is 25.4. The van der Waals surface area contributed by atoms with E-state index in [-0.39, 0.29) is 5.41 Å². The molecule has 0 spiro atoms. The highest BCUT2D eigenvalue weighted by Crippen LogP contribution is 2.49. The van der Waals surface area contributed by atoms with E-state index in [0.29, 0.717) is 17.5 Å². The highest BCUT2D eigenvalue weighted by molar-refractivity contribution is 5.86. The average molecular weight is 668 g/mol. The number of aromatic nitrogens is 3. The van der Waals surface area contributed by atoms with Crippen molar-refractivity contribution in [1.82, 2.24) is 15.0 Å². The van der Waals surface area contributed by atoms with Gasteiger partial charge in [-0.05, 0) is 99.0 Å². The van der Waals surface area contributed by atoms with Crippen LogP contribution < -0.4 is 0 Å². The minimum atomic E-state index is -0.113. The Hall–Kier alpha value is -6.63. The van der Waals surface area contributed by atoms with Gasteiger partial charge < -0.3 is 0 Å². The molecular weight excluding hydrogens is 631 g/mol. The lowest BCUT2D eigenvalue weighted by molar-refractivity contribution is 0.660. The van der Waals surface area contributed by atoms with Gasteiger partial charge >= 0.3 is 0 Å². The summed E-state index contributed by atoms with van der Waals surface area (Å²) in [4.78, 5) is 15.1. The maximum atomic E-state index is 5.60. The molecule has 248 valence electrons. The van der Waals surface area contributed by atoms with Crippen LogP contribution in [0.2, 0.25) is 0 Å². The number of terminal acetylenes is 1. The van der Waals surface area contributed by atoms with Crippen LogP contribution in [-0.2, 0) is 5.41 Å². The highest BCUT2D eigenvalue weighted by atomic mass is 15.0. The topological polar surface area (TPSA) is 38.7 Å². The smallest absolute Gasteiger partial charge is 0.164 e. The van der Waals surface area contributed by atoms with Crippen molar-refractivity contribution >= 4 is 5.57 Å². The predicted octanol–water partition coefficient (Wildman–Crippen LogP) is 12.1. The van der Waals surface area contributed by atoms with E-state index in [0.717, 1.165) is 39.0 Å². The molecule has 1 aromatic heterocycles. The fourth-order valence-corrected chi connectivity index (χ4v) is 7.25. The fourth-order valence-electron chi connectivity index (χ4n) is 7.25. The molecule has 0 N–H and O–H groups in total. The van der Waals surface area contributed by atoms with Crippen LogP contribution in [-0.4, -0.2) is 15.0 Å². The summed E-state index contributed by atoms with van der Waals surface area (Å²) in [6, 6.07) is 51.6. The Kier molecular flexibility index (Phi) is 8.51. The van der Waals surface area contributed by atoms with Gasteiger partial charge in [0.2, 0.25) is 0 Å². The molecule has 0 unspecified atom stereocenters. The molecule has 0 bridgehead atoms. The Bertz CT molecular complexity index is 2530. The van der Waals surface area contributed by atoms with Crippen LogP contribution in [0.4, 0.5) is 0 Å². The third-order valence-corrected chi connectivity index (χ3v) is 10.0. The number of allylic oxidation sites excluding steroid dienone is 4. The predicted molar refractivity (Wildman–Crippen MR) is 216 cm³/mol. The zero-order valence-corrected chi connectivity index (χ0v) is 29.5. The zero-order valence-electron chi connectivity index (χ0n) is 29.5. The molecule has 52 heavy (non-hydrogen) atoms. The quantitative estimate of drug-likeness (QED) is 0.125. The lowest BCUT2D eigenvalue weighted by Gasteiger charge is -2.22. The first kappa shape index (κ1) is 32.6. The van der Waals surface area contributed by atoms with Gasteiger partial charge in [-0.25, -0.2) is 15.0 Å². The zero-order chi connectivity index (χ0) is 35.7. The second kappa shape index (κ2) is 13.6. The molecule has 0 saturated heterocycles.